The smallest absolute Gasteiger partial charge is 0.236 e. The highest BCUT2D eigenvalue weighted by molar-refractivity contribution is 9.10. The molecule has 0 bridgehead atoms. The number of hydrogen-bond acceptors (Lipinski definition) is 1. The van der Waals surface area contributed by atoms with Crippen molar-refractivity contribution in [3.8, 4) is 0 Å². The summed E-state index contributed by atoms with van der Waals surface area (Å²) in [5.74, 6) is 0.569. The molecule has 0 N–H and O–H groups in total. The van der Waals surface area contributed by atoms with Gasteiger partial charge in [-0.15, -0.1) is 0 Å². The minimum atomic E-state index is -0.0490. The number of rotatable bonds is 2. The van der Waals surface area contributed by atoms with Crippen LogP contribution < -0.4 is 0 Å². The zero-order valence-corrected chi connectivity index (χ0v) is 13.2. The fraction of sp³-hybridized carbons (Fsp3) is 0.786. The molecule has 0 fully saturated rings. The van der Waals surface area contributed by atoms with Gasteiger partial charge in [0, 0.05) is 13.1 Å². The molecular formula is C14H24BrNO. The molecule has 17 heavy (non-hydrogen) atoms. The Bertz CT molecular complexity index is 315. The lowest BCUT2D eigenvalue weighted by Gasteiger charge is -2.33. The number of nitrogens with zero attached hydrogens (tertiary/aromatic N) is 1. The molecule has 0 aromatic heterocycles. The van der Waals surface area contributed by atoms with Crippen molar-refractivity contribution in [1.29, 1.82) is 0 Å². The lowest BCUT2D eigenvalue weighted by molar-refractivity contribution is -0.130. The highest BCUT2D eigenvalue weighted by Crippen LogP contribution is 2.30. The zero-order valence-electron chi connectivity index (χ0n) is 11.6. The number of amides is 1. The third-order valence-corrected chi connectivity index (χ3v) is 4.75. The maximum atomic E-state index is 12.1. The molecule has 0 spiro atoms. The third-order valence-electron chi connectivity index (χ3n) is 3.31. The molecule has 0 aromatic rings. The molecule has 1 aliphatic heterocycles. The van der Waals surface area contributed by atoms with Crippen LogP contribution in [0.2, 0.25) is 0 Å². The molecule has 1 atom stereocenters. The largest absolute Gasteiger partial charge is 0.338 e. The predicted molar refractivity (Wildman–Crippen MR) is 76.3 cm³/mol. The van der Waals surface area contributed by atoms with Crippen LogP contribution in [0.5, 0.6) is 0 Å². The van der Waals surface area contributed by atoms with Crippen LogP contribution in [-0.2, 0) is 4.79 Å². The number of alkyl halides is 1. The number of hydrogen-bond donors (Lipinski definition) is 0. The summed E-state index contributed by atoms with van der Waals surface area (Å²) < 4.78 is 0. The summed E-state index contributed by atoms with van der Waals surface area (Å²) in [5, 5.41) is 0. The summed E-state index contributed by atoms with van der Waals surface area (Å²) in [7, 11) is 0. The van der Waals surface area contributed by atoms with Crippen molar-refractivity contribution in [2.75, 3.05) is 13.1 Å². The van der Waals surface area contributed by atoms with Crippen LogP contribution in [0.1, 0.15) is 41.0 Å². The average Bonchev–Trinajstić information content (AvgIpc) is 2.26. The first kappa shape index (κ1) is 14.7. The number of carbonyl (C=O) groups is 1. The molecule has 1 aliphatic rings. The van der Waals surface area contributed by atoms with E-state index >= 15 is 0 Å². The Morgan fingerprint density at radius 1 is 1.41 bits per heavy atom. The standard InChI is InChI=1S/C14H24BrNO/c1-10(2)12(15)13(17)16-8-6-11(7-9-16)14(3,4)5/h6,10,12H,7-9H2,1-5H3. The van der Waals surface area contributed by atoms with Crippen molar-refractivity contribution in [3.05, 3.63) is 11.6 Å². The first-order valence-electron chi connectivity index (χ1n) is 6.36. The van der Waals surface area contributed by atoms with Gasteiger partial charge in [0.15, 0.2) is 0 Å². The molecule has 0 saturated carbocycles. The van der Waals surface area contributed by atoms with Crippen molar-refractivity contribution in [2.24, 2.45) is 11.3 Å². The van der Waals surface area contributed by atoms with Crippen molar-refractivity contribution < 1.29 is 4.79 Å². The SMILES string of the molecule is CC(C)C(Br)C(=O)N1CC=C(C(C)(C)C)CC1. The first-order chi connectivity index (χ1) is 7.73. The summed E-state index contributed by atoms with van der Waals surface area (Å²) in [4.78, 5) is 14.0. The fourth-order valence-electron chi connectivity index (χ4n) is 2.01. The lowest BCUT2D eigenvalue weighted by Crippen LogP contribution is -2.41. The van der Waals surface area contributed by atoms with Gasteiger partial charge in [0.05, 0.1) is 4.83 Å². The van der Waals surface area contributed by atoms with Gasteiger partial charge in [-0.3, -0.25) is 4.79 Å². The highest BCUT2D eigenvalue weighted by atomic mass is 79.9. The molecule has 2 nitrogen and oxygen atoms in total. The second kappa shape index (κ2) is 5.55. The van der Waals surface area contributed by atoms with E-state index < -0.39 is 0 Å². The Labute approximate surface area is 114 Å². The van der Waals surface area contributed by atoms with Crippen LogP contribution in [0.15, 0.2) is 11.6 Å². The van der Waals surface area contributed by atoms with Gasteiger partial charge < -0.3 is 4.90 Å². The quantitative estimate of drug-likeness (QED) is 0.563. The van der Waals surface area contributed by atoms with Crippen LogP contribution in [0, 0.1) is 11.3 Å². The minimum absolute atomic E-state index is 0.0490. The van der Waals surface area contributed by atoms with Crippen LogP contribution in [-0.4, -0.2) is 28.7 Å². The predicted octanol–water partition coefficient (Wildman–Crippen LogP) is 3.61. The normalized spacial score (nSPS) is 19.2. The van der Waals surface area contributed by atoms with Gasteiger partial charge >= 0.3 is 0 Å². The highest BCUT2D eigenvalue weighted by Gasteiger charge is 2.27. The van der Waals surface area contributed by atoms with Crippen molar-refractivity contribution in [1.82, 2.24) is 4.90 Å². The first-order valence-corrected chi connectivity index (χ1v) is 7.27. The van der Waals surface area contributed by atoms with Crippen molar-refractivity contribution in [2.45, 2.75) is 45.9 Å². The van der Waals surface area contributed by atoms with E-state index in [-0.39, 0.29) is 16.1 Å². The monoisotopic (exact) mass is 301 g/mol. The van der Waals surface area contributed by atoms with Gasteiger partial charge in [0.1, 0.15) is 0 Å². The average molecular weight is 302 g/mol. The molecule has 3 heteroatoms. The fourth-order valence-corrected chi connectivity index (χ4v) is 2.30. The zero-order chi connectivity index (χ0) is 13.2. The van der Waals surface area contributed by atoms with Crippen LogP contribution >= 0.6 is 15.9 Å². The maximum Gasteiger partial charge on any atom is 0.236 e. The molecule has 1 heterocycles. The molecule has 1 unspecified atom stereocenters. The summed E-state index contributed by atoms with van der Waals surface area (Å²) in [5.41, 5.74) is 1.71. The second-order valence-electron chi connectivity index (χ2n) is 6.16. The van der Waals surface area contributed by atoms with E-state index in [0.29, 0.717) is 5.92 Å². The summed E-state index contributed by atoms with van der Waals surface area (Å²) in [6, 6.07) is 0. The van der Waals surface area contributed by atoms with Crippen molar-refractivity contribution >= 4 is 21.8 Å². The molecule has 1 amide bonds. The van der Waals surface area contributed by atoms with E-state index in [1.54, 1.807) is 0 Å². The maximum absolute atomic E-state index is 12.1. The van der Waals surface area contributed by atoms with E-state index in [9.17, 15) is 4.79 Å². The molecule has 1 rings (SSSR count). The van der Waals surface area contributed by atoms with Gasteiger partial charge in [-0.2, -0.15) is 0 Å². The van der Waals surface area contributed by atoms with Gasteiger partial charge in [0.25, 0.3) is 0 Å². The molecule has 0 aliphatic carbocycles. The molecule has 98 valence electrons. The lowest BCUT2D eigenvalue weighted by atomic mass is 9.83. The third kappa shape index (κ3) is 3.84. The number of carbonyl (C=O) groups excluding carboxylic acids is 1. The Kier molecular flexibility index (Phi) is 4.82. The van der Waals surface area contributed by atoms with Crippen LogP contribution in [0.25, 0.3) is 0 Å². The Hall–Kier alpha value is -0.310. The van der Waals surface area contributed by atoms with E-state index in [1.165, 1.54) is 5.57 Å². The van der Waals surface area contributed by atoms with E-state index in [0.717, 1.165) is 19.5 Å². The molecule has 0 saturated heterocycles. The molecule has 0 aromatic carbocycles. The summed E-state index contributed by atoms with van der Waals surface area (Å²) in [6.45, 7) is 12.5. The summed E-state index contributed by atoms with van der Waals surface area (Å²) in [6.07, 6.45) is 3.23. The van der Waals surface area contributed by atoms with Crippen LogP contribution in [0.4, 0.5) is 0 Å². The number of halogens is 1. The van der Waals surface area contributed by atoms with E-state index in [2.05, 4.69) is 56.6 Å². The Morgan fingerprint density at radius 3 is 2.35 bits per heavy atom. The van der Waals surface area contributed by atoms with Gasteiger partial charge in [0.2, 0.25) is 5.91 Å². The van der Waals surface area contributed by atoms with Gasteiger partial charge in [-0.05, 0) is 17.8 Å². The van der Waals surface area contributed by atoms with Crippen molar-refractivity contribution in [3.63, 3.8) is 0 Å². The molecule has 0 radical (unpaired) electrons. The Morgan fingerprint density at radius 2 is 2.00 bits per heavy atom. The second-order valence-corrected chi connectivity index (χ2v) is 7.15. The molecular weight excluding hydrogens is 278 g/mol. The van der Waals surface area contributed by atoms with Crippen LogP contribution in [0.3, 0.4) is 0 Å². The summed E-state index contributed by atoms with van der Waals surface area (Å²) >= 11 is 3.49. The van der Waals surface area contributed by atoms with E-state index in [1.807, 2.05) is 4.90 Å². The minimum Gasteiger partial charge on any atom is -0.338 e. The topological polar surface area (TPSA) is 20.3 Å². The van der Waals surface area contributed by atoms with E-state index in [4.69, 9.17) is 0 Å². The van der Waals surface area contributed by atoms with Gasteiger partial charge in [-0.1, -0.05) is 62.2 Å². The Balaban J connectivity index is 2.64. The van der Waals surface area contributed by atoms with Gasteiger partial charge in [-0.25, -0.2) is 0 Å².